The van der Waals surface area contributed by atoms with Crippen molar-refractivity contribution >= 4 is 11.8 Å². The lowest BCUT2D eigenvalue weighted by Crippen LogP contribution is -2.30. The summed E-state index contributed by atoms with van der Waals surface area (Å²) in [6, 6.07) is 3.81. The SMILES string of the molecule is N#Cc1ccc(C(F)(F)F)nc1SC1COC1. The van der Waals surface area contributed by atoms with E-state index in [1.165, 1.54) is 0 Å². The van der Waals surface area contributed by atoms with Crippen LogP contribution in [0.25, 0.3) is 0 Å². The number of nitrogens with zero attached hydrogens (tertiary/aromatic N) is 2. The highest BCUT2D eigenvalue weighted by atomic mass is 32.2. The first kappa shape index (κ1) is 12.2. The molecule has 1 aromatic rings. The summed E-state index contributed by atoms with van der Waals surface area (Å²) in [7, 11) is 0. The molecule has 0 aliphatic carbocycles. The molecule has 2 heterocycles. The first-order valence-electron chi connectivity index (χ1n) is 4.73. The lowest BCUT2D eigenvalue weighted by molar-refractivity contribution is -0.141. The molecule has 0 saturated carbocycles. The fourth-order valence-electron chi connectivity index (χ4n) is 1.21. The summed E-state index contributed by atoms with van der Waals surface area (Å²) in [6.45, 7) is 0.959. The van der Waals surface area contributed by atoms with E-state index in [1.807, 2.05) is 6.07 Å². The Morgan fingerprint density at radius 2 is 2.12 bits per heavy atom. The van der Waals surface area contributed by atoms with Gasteiger partial charge in [-0.05, 0) is 12.1 Å². The summed E-state index contributed by atoms with van der Waals surface area (Å²) >= 11 is 1.15. The van der Waals surface area contributed by atoms with E-state index < -0.39 is 11.9 Å². The van der Waals surface area contributed by atoms with Gasteiger partial charge in [-0.3, -0.25) is 0 Å². The van der Waals surface area contributed by atoms with E-state index in [0.29, 0.717) is 13.2 Å². The van der Waals surface area contributed by atoms with Gasteiger partial charge in [-0.15, -0.1) is 0 Å². The molecule has 2 rings (SSSR count). The van der Waals surface area contributed by atoms with Crippen LogP contribution in [-0.4, -0.2) is 23.4 Å². The zero-order valence-electron chi connectivity index (χ0n) is 8.49. The van der Waals surface area contributed by atoms with Gasteiger partial charge in [0.2, 0.25) is 0 Å². The summed E-state index contributed by atoms with van der Waals surface area (Å²) in [4.78, 5) is 3.50. The molecule has 0 N–H and O–H groups in total. The van der Waals surface area contributed by atoms with Crippen LogP contribution in [-0.2, 0) is 10.9 Å². The fourth-order valence-corrected chi connectivity index (χ4v) is 2.25. The molecule has 1 saturated heterocycles. The summed E-state index contributed by atoms with van der Waals surface area (Å²) in [6.07, 6.45) is -4.49. The van der Waals surface area contributed by atoms with Crippen molar-refractivity contribution < 1.29 is 17.9 Å². The molecule has 3 nitrogen and oxygen atoms in total. The zero-order valence-corrected chi connectivity index (χ0v) is 9.31. The maximum Gasteiger partial charge on any atom is 0.433 e. The molecule has 1 fully saturated rings. The molecule has 17 heavy (non-hydrogen) atoms. The third kappa shape index (κ3) is 2.70. The Bertz CT molecular complexity index is 466. The van der Waals surface area contributed by atoms with Crippen molar-refractivity contribution in [2.24, 2.45) is 0 Å². The Morgan fingerprint density at radius 3 is 2.59 bits per heavy atom. The third-order valence-corrected chi connectivity index (χ3v) is 3.30. The normalized spacial score (nSPS) is 16.4. The average molecular weight is 260 g/mol. The van der Waals surface area contributed by atoms with Crippen LogP contribution in [0.1, 0.15) is 11.3 Å². The molecule has 0 bridgehead atoms. The Balaban J connectivity index is 2.29. The van der Waals surface area contributed by atoms with Crippen molar-refractivity contribution in [3.05, 3.63) is 23.4 Å². The van der Waals surface area contributed by atoms with Crippen LogP contribution in [0.15, 0.2) is 17.2 Å². The highest BCUT2D eigenvalue weighted by Crippen LogP contribution is 2.33. The third-order valence-electron chi connectivity index (χ3n) is 2.16. The van der Waals surface area contributed by atoms with Gasteiger partial charge in [0.25, 0.3) is 0 Å². The highest BCUT2D eigenvalue weighted by molar-refractivity contribution is 8.00. The number of hydrogen-bond donors (Lipinski definition) is 0. The molecule has 0 aromatic carbocycles. The number of ether oxygens (including phenoxy) is 1. The van der Waals surface area contributed by atoms with Crippen LogP contribution in [0.4, 0.5) is 13.2 Å². The largest absolute Gasteiger partial charge is 0.433 e. The molecule has 0 radical (unpaired) electrons. The molecule has 1 aliphatic rings. The predicted molar refractivity (Wildman–Crippen MR) is 54.4 cm³/mol. The number of nitriles is 1. The van der Waals surface area contributed by atoms with Crippen molar-refractivity contribution in [2.75, 3.05) is 13.2 Å². The predicted octanol–water partition coefficient (Wildman–Crippen LogP) is 2.46. The van der Waals surface area contributed by atoms with Gasteiger partial charge >= 0.3 is 6.18 Å². The van der Waals surface area contributed by atoms with Gasteiger partial charge in [-0.1, -0.05) is 11.8 Å². The highest BCUT2D eigenvalue weighted by Gasteiger charge is 2.33. The van der Waals surface area contributed by atoms with Crippen LogP contribution in [0.5, 0.6) is 0 Å². The molecule has 0 unspecified atom stereocenters. The van der Waals surface area contributed by atoms with E-state index >= 15 is 0 Å². The summed E-state index contributed by atoms with van der Waals surface area (Å²) in [5.41, 5.74) is -0.811. The second-order valence-electron chi connectivity index (χ2n) is 3.44. The number of thioether (sulfide) groups is 1. The topological polar surface area (TPSA) is 45.9 Å². The van der Waals surface area contributed by atoms with Gasteiger partial charge in [-0.25, -0.2) is 4.98 Å². The van der Waals surface area contributed by atoms with E-state index in [9.17, 15) is 13.2 Å². The Morgan fingerprint density at radius 1 is 1.41 bits per heavy atom. The van der Waals surface area contributed by atoms with Gasteiger partial charge in [0, 0.05) is 0 Å². The van der Waals surface area contributed by atoms with Crippen LogP contribution in [0, 0.1) is 11.3 Å². The number of pyridine rings is 1. The molecular weight excluding hydrogens is 253 g/mol. The monoisotopic (exact) mass is 260 g/mol. The van der Waals surface area contributed by atoms with Crippen molar-refractivity contribution in [1.29, 1.82) is 5.26 Å². The zero-order chi connectivity index (χ0) is 12.5. The van der Waals surface area contributed by atoms with Gasteiger partial charge in [-0.2, -0.15) is 18.4 Å². The molecule has 1 aliphatic heterocycles. The second kappa shape index (κ2) is 4.55. The van der Waals surface area contributed by atoms with Crippen molar-refractivity contribution in [3.8, 4) is 6.07 Å². The fraction of sp³-hybridized carbons (Fsp3) is 0.400. The van der Waals surface area contributed by atoms with E-state index in [1.54, 1.807) is 0 Å². The van der Waals surface area contributed by atoms with Crippen LogP contribution in [0.3, 0.4) is 0 Å². The van der Waals surface area contributed by atoms with E-state index in [0.717, 1.165) is 23.9 Å². The summed E-state index contributed by atoms with van der Waals surface area (Å²) in [5.74, 6) is 0. The molecule has 0 amide bonds. The first-order valence-corrected chi connectivity index (χ1v) is 5.61. The minimum absolute atomic E-state index is 0.0816. The van der Waals surface area contributed by atoms with Gasteiger partial charge in [0.1, 0.15) is 16.8 Å². The summed E-state index contributed by atoms with van der Waals surface area (Å²) in [5, 5.41) is 9.00. The van der Waals surface area contributed by atoms with Gasteiger partial charge < -0.3 is 4.74 Å². The lowest BCUT2D eigenvalue weighted by Gasteiger charge is -2.25. The van der Waals surface area contributed by atoms with Gasteiger partial charge in [0.15, 0.2) is 0 Å². The first-order chi connectivity index (χ1) is 8.00. The quantitative estimate of drug-likeness (QED) is 0.819. The summed E-state index contributed by atoms with van der Waals surface area (Å²) < 4.78 is 42.3. The van der Waals surface area contributed by atoms with E-state index in [4.69, 9.17) is 10.00 Å². The number of hydrogen-bond acceptors (Lipinski definition) is 4. The maximum atomic E-state index is 12.5. The van der Waals surface area contributed by atoms with Crippen LogP contribution < -0.4 is 0 Å². The smallest absolute Gasteiger partial charge is 0.379 e. The Hall–Kier alpha value is -1.26. The van der Waals surface area contributed by atoms with Crippen molar-refractivity contribution in [1.82, 2.24) is 4.98 Å². The minimum atomic E-state index is -4.49. The maximum absolute atomic E-state index is 12.5. The molecule has 0 atom stereocenters. The van der Waals surface area contributed by atoms with E-state index in [-0.39, 0.29) is 15.8 Å². The number of rotatable bonds is 2. The van der Waals surface area contributed by atoms with Crippen molar-refractivity contribution in [3.63, 3.8) is 0 Å². The Kier molecular flexibility index (Phi) is 3.26. The average Bonchev–Trinajstić information content (AvgIpc) is 2.22. The number of halogens is 3. The van der Waals surface area contributed by atoms with Crippen LogP contribution in [0.2, 0.25) is 0 Å². The lowest BCUT2D eigenvalue weighted by atomic mass is 10.2. The second-order valence-corrected chi connectivity index (χ2v) is 4.73. The number of alkyl halides is 3. The van der Waals surface area contributed by atoms with E-state index in [2.05, 4.69) is 4.98 Å². The standard InChI is InChI=1S/C10H7F3N2OS/c11-10(12,13)8-2-1-6(3-14)9(15-8)17-7-4-16-5-7/h1-2,7H,4-5H2. The Labute approximate surface area is 99.6 Å². The van der Waals surface area contributed by atoms with Crippen LogP contribution >= 0.6 is 11.8 Å². The molecule has 0 spiro atoms. The molecule has 1 aromatic heterocycles. The molecular formula is C10H7F3N2OS. The van der Waals surface area contributed by atoms with Crippen molar-refractivity contribution in [2.45, 2.75) is 16.5 Å². The molecule has 90 valence electrons. The van der Waals surface area contributed by atoms with Gasteiger partial charge in [0.05, 0.1) is 24.0 Å². The molecule has 7 heteroatoms. The number of aromatic nitrogens is 1. The minimum Gasteiger partial charge on any atom is -0.379 e.